The number of likely N-dealkylation sites (tertiary alicyclic amines) is 1. The summed E-state index contributed by atoms with van der Waals surface area (Å²) in [5, 5.41) is 8.75. The summed E-state index contributed by atoms with van der Waals surface area (Å²) >= 11 is 0. The van der Waals surface area contributed by atoms with Gasteiger partial charge in [-0.05, 0) is 12.0 Å². The summed E-state index contributed by atoms with van der Waals surface area (Å²) in [5.41, 5.74) is -0.0222. The molecule has 0 radical (unpaired) electrons. The Hall–Kier alpha value is -2.15. The van der Waals surface area contributed by atoms with Crippen LogP contribution >= 0.6 is 0 Å². The third-order valence-corrected chi connectivity index (χ3v) is 3.53. The normalized spacial score (nSPS) is 23.2. The Kier molecular flexibility index (Phi) is 3.15. The summed E-state index contributed by atoms with van der Waals surface area (Å²) in [6, 6.07) is 11.3. The van der Waals surface area contributed by atoms with E-state index in [0.717, 1.165) is 5.56 Å². The predicted molar refractivity (Wildman–Crippen MR) is 65.4 cm³/mol. The number of amides is 2. The maximum atomic E-state index is 12.3. The lowest BCUT2D eigenvalue weighted by Crippen LogP contribution is -2.36. The molecule has 0 saturated carbocycles. The van der Waals surface area contributed by atoms with Gasteiger partial charge < -0.3 is 0 Å². The third-order valence-electron chi connectivity index (χ3n) is 3.53. The Bertz CT molecular complexity index is 518. The van der Waals surface area contributed by atoms with Gasteiger partial charge in [0.15, 0.2) is 0 Å². The Morgan fingerprint density at radius 3 is 2.50 bits per heavy atom. The Morgan fingerprint density at radius 2 is 2.00 bits per heavy atom. The molecule has 1 heterocycles. The number of hydrogen-bond acceptors (Lipinski definition) is 3. The van der Waals surface area contributed by atoms with Crippen molar-refractivity contribution in [3.63, 3.8) is 0 Å². The molecule has 0 spiro atoms. The van der Waals surface area contributed by atoms with Gasteiger partial charge in [0.05, 0.1) is 11.5 Å². The van der Waals surface area contributed by atoms with Gasteiger partial charge in [-0.15, -0.1) is 0 Å². The molecular formula is C14H14N2O2. The number of nitriles is 1. The van der Waals surface area contributed by atoms with Crippen molar-refractivity contribution < 1.29 is 9.59 Å². The quantitative estimate of drug-likeness (QED) is 0.757. The van der Waals surface area contributed by atoms with E-state index >= 15 is 0 Å². The van der Waals surface area contributed by atoms with Crippen LogP contribution < -0.4 is 0 Å². The Morgan fingerprint density at radius 1 is 1.33 bits per heavy atom. The van der Waals surface area contributed by atoms with Crippen LogP contribution in [0.5, 0.6) is 0 Å². The second-order valence-corrected chi connectivity index (χ2v) is 4.54. The fraction of sp³-hybridized carbons (Fsp3) is 0.357. The zero-order valence-electron chi connectivity index (χ0n) is 10.2. The number of imide groups is 1. The number of carbonyl (C=O) groups is 2. The molecule has 92 valence electrons. The maximum absolute atomic E-state index is 12.3. The molecule has 4 heteroatoms. The van der Waals surface area contributed by atoms with Crippen molar-refractivity contribution in [3.8, 4) is 6.07 Å². The van der Waals surface area contributed by atoms with Gasteiger partial charge in [0.1, 0.15) is 0 Å². The second kappa shape index (κ2) is 4.61. The lowest BCUT2D eigenvalue weighted by atomic mass is 9.75. The van der Waals surface area contributed by atoms with Gasteiger partial charge in [0.2, 0.25) is 11.8 Å². The first-order valence-electron chi connectivity index (χ1n) is 5.85. The SMILES string of the molecule is CN1C(=O)CC(CCC#N)(c2ccccc2)C1=O. The molecule has 1 saturated heterocycles. The molecule has 1 aromatic carbocycles. The number of benzene rings is 1. The minimum atomic E-state index is -0.844. The van der Waals surface area contributed by atoms with Crippen molar-refractivity contribution in [1.29, 1.82) is 5.26 Å². The number of likely N-dealkylation sites (N-methyl/N-ethyl adjacent to an activating group) is 1. The summed E-state index contributed by atoms with van der Waals surface area (Å²) in [7, 11) is 1.50. The molecule has 1 unspecified atom stereocenters. The summed E-state index contributed by atoms with van der Waals surface area (Å²) in [6.07, 6.45) is 0.818. The summed E-state index contributed by atoms with van der Waals surface area (Å²) in [5.74, 6) is -0.379. The van der Waals surface area contributed by atoms with Gasteiger partial charge in [-0.2, -0.15) is 5.26 Å². The highest BCUT2D eigenvalue weighted by molar-refractivity contribution is 6.08. The van der Waals surface area contributed by atoms with Gasteiger partial charge in [0.25, 0.3) is 0 Å². The Labute approximate surface area is 106 Å². The highest BCUT2D eigenvalue weighted by atomic mass is 16.2. The third kappa shape index (κ3) is 1.78. The smallest absolute Gasteiger partial charge is 0.240 e. The van der Waals surface area contributed by atoms with Crippen LogP contribution in [-0.2, 0) is 15.0 Å². The van der Waals surface area contributed by atoms with Gasteiger partial charge in [-0.25, -0.2) is 0 Å². The first-order valence-corrected chi connectivity index (χ1v) is 5.85. The van der Waals surface area contributed by atoms with E-state index < -0.39 is 5.41 Å². The molecule has 1 fully saturated rings. The highest BCUT2D eigenvalue weighted by Crippen LogP contribution is 2.39. The van der Waals surface area contributed by atoms with Crippen molar-refractivity contribution in [2.24, 2.45) is 0 Å². The largest absolute Gasteiger partial charge is 0.285 e. The second-order valence-electron chi connectivity index (χ2n) is 4.54. The van der Waals surface area contributed by atoms with Crippen molar-refractivity contribution in [1.82, 2.24) is 4.90 Å². The average molecular weight is 242 g/mol. The van der Waals surface area contributed by atoms with E-state index in [1.807, 2.05) is 30.3 Å². The average Bonchev–Trinajstić information content (AvgIpc) is 2.63. The van der Waals surface area contributed by atoms with Crippen molar-refractivity contribution in [2.75, 3.05) is 7.05 Å². The number of nitrogens with zero attached hydrogens (tertiary/aromatic N) is 2. The molecule has 0 aromatic heterocycles. The maximum Gasteiger partial charge on any atom is 0.240 e. The standard InChI is InChI=1S/C14H14N2O2/c1-16-12(17)10-14(13(16)18,8-5-9-15)11-6-3-2-4-7-11/h2-4,6-7H,5,8,10H2,1H3. The molecule has 1 aliphatic heterocycles. The lowest BCUT2D eigenvalue weighted by molar-refractivity contribution is -0.138. The van der Waals surface area contributed by atoms with Crippen molar-refractivity contribution >= 4 is 11.8 Å². The molecule has 0 bridgehead atoms. The predicted octanol–water partition coefficient (Wildman–Crippen LogP) is 1.62. The highest BCUT2D eigenvalue weighted by Gasteiger charge is 2.50. The van der Waals surface area contributed by atoms with Gasteiger partial charge in [-0.3, -0.25) is 14.5 Å². The zero-order chi connectivity index (χ0) is 13.2. The molecule has 0 N–H and O–H groups in total. The first kappa shape index (κ1) is 12.3. The van der Waals surface area contributed by atoms with Crippen LogP contribution in [0.2, 0.25) is 0 Å². The van der Waals surface area contributed by atoms with Crippen LogP contribution in [0.3, 0.4) is 0 Å². The molecule has 1 atom stereocenters. The Balaban J connectivity index is 2.46. The molecular weight excluding hydrogens is 228 g/mol. The van der Waals surface area contributed by atoms with Crippen LogP contribution in [0.4, 0.5) is 0 Å². The van der Waals surface area contributed by atoms with E-state index in [0.29, 0.717) is 6.42 Å². The monoisotopic (exact) mass is 242 g/mol. The molecule has 2 amide bonds. The summed E-state index contributed by atoms with van der Waals surface area (Å²) in [6.45, 7) is 0. The van der Waals surface area contributed by atoms with E-state index in [9.17, 15) is 9.59 Å². The van der Waals surface area contributed by atoms with Gasteiger partial charge in [-0.1, -0.05) is 30.3 Å². The molecule has 1 aliphatic rings. The topological polar surface area (TPSA) is 61.2 Å². The summed E-state index contributed by atoms with van der Waals surface area (Å²) < 4.78 is 0. The van der Waals surface area contributed by atoms with E-state index in [1.54, 1.807) is 0 Å². The number of hydrogen-bond donors (Lipinski definition) is 0. The van der Waals surface area contributed by atoms with Gasteiger partial charge >= 0.3 is 0 Å². The van der Waals surface area contributed by atoms with Crippen molar-refractivity contribution in [2.45, 2.75) is 24.7 Å². The van der Waals surface area contributed by atoms with Gasteiger partial charge in [0, 0.05) is 19.9 Å². The van der Waals surface area contributed by atoms with E-state index in [1.165, 1.54) is 11.9 Å². The van der Waals surface area contributed by atoms with Crippen molar-refractivity contribution in [3.05, 3.63) is 35.9 Å². The first-order chi connectivity index (χ1) is 8.62. The zero-order valence-corrected chi connectivity index (χ0v) is 10.2. The van der Waals surface area contributed by atoms with Crippen LogP contribution in [0.25, 0.3) is 0 Å². The molecule has 4 nitrogen and oxygen atoms in total. The fourth-order valence-corrected chi connectivity index (χ4v) is 2.48. The summed E-state index contributed by atoms with van der Waals surface area (Å²) in [4.78, 5) is 25.3. The minimum absolute atomic E-state index is 0.161. The number of rotatable bonds is 3. The van der Waals surface area contributed by atoms with Crippen LogP contribution in [0, 0.1) is 11.3 Å². The van der Waals surface area contributed by atoms with Crippen LogP contribution in [0.1, 0.15) is 24.8 Å². The van der Waals surface area contributed by atoms with E-state index in [2.05, 4.69) is 6.07 Å². The van der Waals surface area contributed by atoms with E-state index in [-0.39, 0.29) is 24.7 Å². The minimum Gasteiger partial charge on any atom is -0.285 e. The number of carbonyl (C=O) groups excluding carboxylic acids is 2. The molecule has 2 rings (SSSR count). The fourth-order valence-electron chi connectivity index (χ4n) is 2.48. The molecule has 1 aromatic rings. The van der Waals surface area contributed by atoms with Crippen LogP contribution in [-0.4, -0.2) is 23.8 Å². The molecule has 0 aliphatic carbocycles. The van der Waals surface area contributed by atoms with Crippen LogP contribution in [0.15, 0.2) is 30.3 Å². The molecule has 18 heavy (non-hydrogen) atoms. The van der Waals surface area contributed by atoms with E-state index in [4.69, 9.17) is 5.26 Å². The lowest BCUT2D eigenvalue weighted by Gasteiger charge is -2.25.